The summed E-state index contributed by atoms with van der Waals surface area (Å²) in [5.41, 5.74) is 3.04. The molecule has 0 atom stereocenters. The molecular weight excluding hydrogens is 384 g/mol. The SMILES string of the molecule is COc1ccc(CC(=O)Nc2ccc(-c3nc4ccccc4o3)c(O)c2)cc1OC. The van der Waals surface area contributed by atoms with Crippen LogP contribution in [0.4, 0.5) is 5.69 Å². The highest BCUT2D eigenvalue weighted by Gasteiger charge is 2.14. The van der Waals surface area contributed by atoms with E-state index in [0.29, 0.717) is 39.7 Å². The predicted octanol–water partition coefficient (Wildman–Crippen LogP) is 4.40. The van der Waals surface area contributed by atoms with E-state index in [-0.39, 0.29) is 18.1 Å². The van der Waals surface area contributed by atoms with Crippen LogP contribution in [-0.4, -0.2) is 30.2 Å². The van der Waals surface area contributed by atoms with Crippen molar-refractivity contribution < 1.29 is 23.8 Å². The summed E-state index contributed by atoms with van der Waals surface area (Å²) in [5, 5.41) is 13.2. The fourth-order valence-corrected chi connectivity index (χ4v) is 3.16. The van der Waals surface area contributed by atoms with Crippen molar-refractivity contribution in [1.29, 1.82) is 0 Å². The fraction of sp³-hybridized carbons (Fsp3) is 0.130. The molecule has 4 rings (SSSR count). The number of carbonyl (C=O) groups is 1. The third kappa shape index (κ3) is 3.91. The Morgan fingerprint density at radius 2 is 1.83 bits per heavy atom. The number of fused-ring (bicyclic) bond motifs is 1. The number of aromatic hydroxyl groups is 1. The Hall–Kier alpha value is -4.00. The first kappa shape index (κ1) is 19.3. The summed E-state index contributed by atoms with van der Waals surface area (Å²) >= 11 is 0. The average Bonchev–Trinajstić information content (AvgIpc) is 3.17. The van der Waals surface area contributed by atoms with E-state index >= 15 is 0 Å². The highest BCUT2D eigenvalue weighted by atomic mass is 16.5. The van der Waals surface area contributed by atoms with Gasteiger partial charge in [0.25, 0.3) is 0 Å². The number of para-hydroxylation sites is 2. The molecule has 0 aliphatic carbocycles. The summed E-state index contributed by atoms with van der Waals surface area (Å²) in [6, 6.07) is 17.5. The molecule has 152 valence electrons. The summed E-state index contributed by atoms with van der Waals surface area (Å²) in [7, 11) is 3.10. The van der Waals surface area contributed by atoms with Crippen molar-refractivity contribution in [2.24, 2.45) is 0 Å². The van der Waals surface area contributed by atoms with Gasteiger partial charge in [0, 0.05) is 11.8 Å². The third-order valence-electron chi connectivity index (χ3n) is 4.62. The van der Waals surface area contributed by atoms with Crippen LogP contribution in [0.25, 0.3) is 22.6 Å². The van der Waals surface area contributed by atoms with E-state index in [0.717, 1.165) is 5.56 Å². The molecule has 0 unspecified atom stereocenters. The van der Waals surface area contributed by atoms with Gasteiger partial charge in [0.15, 0.2) is 17.1 Å². The molecule has 7 heteroatoms. The fourth-order valence-electron chi connectivity index (χ4n) is 3.16. The largest absolute Gasteiger partial charge is 0.507 e. The number of nitrogens with zero attached hydrogens (tertiary/aromatic N) is 1. The second kappa shape index (κ2) is 8.16. The van der Waals surface area contributed by atoms with Crippen molar-refractivity contribution >= 4 is 22.7 Å². The minimum atomic E-state index is -0.226. The second-order valence-corrected chi connectivity index (χ2v) is 6.63. The van der Waals surface area contributed by atoms with Crippen LogP contribution >= 0.6 is 0 Å². The summed E-state index contributed by atoms with van der Waals surface area (Å²) in [5.74, 6) is 1.21. The van der Waals surface area contributed by atoms with Crippen LogP contribution in [0.1, 0.15) is 5.56 Å². The van der Waals surface area contributed by atoms with Gasteiger partial charge in [0.2, 0.25) is 11.8 Å². The second-order valence-electron chi connectivity index (χ2n) is 6.63. The maximum absolute atomic E-state index is 12.4. The summed E-state index contributed by atoms with van der Waals surface area (Å²) in [6.45, 7) is 0. The van der Waals surface area contributed by atoms with Crippen molar-refractivity contribution in [2.75, 3.05) is 19.5 Å². The number of hydrogen-bond acceptors (Lipinski definition) is 6. The molecule has 0 aliphatic rings. The van der Waals surface area contributed by atoms with Gasteiger partial charge < -0.3 is 24.3 Å². The number of phenols is 1. The molecule has 2 N–H and O–H groups in total. The summed E-state index contributed by atoms with van der Waals surface area (Å²) in [4.78, 5) is 16.8. The van der Waals surface area contributed by atoms with Crippen LogP contribution < -0.4 is 14.8 Å². The van der Waals surface area contributed by atoms with Crippen molar-refractivity contribution in [3.05, 3.63) is 66.2 Å². The number of rotatable bonds is 6. The van der Waals surface area contributed by atoms with Crippen LogP contribution in [-0.2, 0) is 11.2 Å². The molecule has 0 aliphatic heterocycles. The number of amides is 1. The highest BCUT2D eigenvalue weighted by molar-refractivity contribution is 5.93. The highest BCUT2D eigenvalue weighted by Crippen LogP contribution is 2.33. The first-order chi connectivity index (χ1) is 14.6. The predicted molar refractivity (Wildman–Crippen MR) is 113 cm³/mol. The number of oxazole rings is 1. The van der Waals surface area contributed by atoms with Crippen molar-refractivity contribution in [3.8, 4) is 28.7 Å². The standard InChI is InChI=1S/C23H20N2O5/c1-28-20-10-7-14(11-21(20)29-2)12-22(27)24-15-8-9-16(18(26)13-15)23-25-17-5-3-4-6-19(17)30-23/h3-11,13,26H,12H2,1-2H3,(H,24,27). The monoisotopic (exact) mass is 404 g/mol. The minimum Gasteiger partial charge on any atom is -0.507 e. The third-order valence-corrected chi connectivity index (χ3v) is 4.62. The van der Waals surface area contributed by atoms with Crippen molar-refractivity contribution in [2.45, 2.75) is 6.42 Å². The number of hydrogen-bond donors (Lipinski definition) is 2. The van der Waals surface area contributed by atoms with Crippen molar-refractivity contribution in [1.82, 2.24) is 4.98 Å². The van der Waals surface area contributed by atoms with Gasteiger partial charge in [0.05, 0.1) is 26.2 Å². The maximum atomic E-state index is 12.4. The smallest absolute Gasteiger partial charge is 0.231 e. The lowest BCUT2D eigenvalue weighted by Gasteiger charge is -2.10. The molecule has 7 nitrogen and oxygen atoms in total. The zero-order valence-electron chi connectivity index (χ0n) is 16.5. The molecule has 1 heterocycles. The van der Waals surface area contributed by atoms with E-state index in [1.54, 1.807) is 44.6 Å². The lowest BCUT2D eigenvalue weighted by atomic mass is 10.1. The van der Waals surface area contributed by atoms with Crippen molar-refractivity contribution in [3.63, 3.8) is 0 Å². The van der Waals surface area contributed by atoms with E-state index in [1.165, 1.54) is 6.07 Å². The Kier molecular flexibility index (Phi) is 5.26. The van der Waals surface area contributed by atoms with E-state index < -0.39 is 0 Å². The van der Waals surface area contributed by atoms with Crippen LogP contribution in [0.5, 0.6) is 17.2 Å². The Balaban J connectivity index is 1.48. The Morgan fingerprint density at radius 1 is 1.03 bits per heavy atom. The van der Waals surface area contributed by atoms with E-state index in [2.05, 4.69) is 10.3 Å². The Morgan fingerprint density at radius 3 is 2.57 bits per heavy atom. The zero-order valence-corrected chi connectivity index (χ0v) is 16.5. The number of ether oxygens (including phenoxy) is 2. The van der Waals surface area contributed by atoms with Gasteiger partial charge in [-0.25, -0.2) is 4.98 Å². The van der Waals surface area contributed by atoms with Crippen LogP contribution in [0.15, 0.2) is 65.1 Å². The summed E-state index contributed by atoms with van der Waals surface area (Å²) in [6.07, 6.45) is 0.147. The Bertz CT molecular complexity index is 1180. The number of carbonyl (C=O) groups excluding carboxylic acids is 1. The van der Waals surface area contributed by atoms with Gasteiger partial charge >= 0.3 is 0 Å². The van der Waals surface area contributed by atoms with E-state index in [4.69, 9.17) is 13.9 Å². The van der Waals surface area contributed by atoms with E-state index in [9.17, 15) is 9.90 Å². The van der Waals surface area contributed by atoms with Crippen LogP contribution in [0.2, 0.25) is 0 Å². The van der Waals surface area contributed by atoms with Crippen LogP contribution in [0, 0.1) is 0 Å². The minimum absolute atomic E-state index is 0.0366. The lowest BCUT2D eigenvalue weighted by Crippen LogP contribution is -2.14. The normalized spacial score (nSPS) is 10.7. The van der Waals surface area contributed by atoms with Gasteiger partial charge in [-0.05, 0) is 42.0 Å². The molecule has 3 aromatic carbocycles. The quantitative estimate of drug-likeness (QED) is 0.495. The van der Waals surface area contributed by atoms with Gasteiger partial charge in [-0.1, -0.05) is 18.2 Å². The molecule has 1 aromatic heterocycles. The molecular formula is C23H20N2O5. The number of nitrogens with one attached hydrogen (secondary N) is 1. The first-order valence-electron chi connectivity index (χ1n) is 9.27. The molecule has 0 saturated heterocycles. The number of benzene rings is 3. The molecule has 0 spiro atoms. The molecule has 30 heavy (non-hydrogen) atoms. The lowest BCUT2D eigenvalue weighted by molar-refractivity contribution is -0.115. The van der Waals surface area contributed by atoms with Gasteiger partial charge in [-0.15, -0.1) is 0 Å². The summed E-state index contributed by atoms with van der Waals surface area (Å²) < 4.78 is 16.2. The first-order valence-corrected chi connectivity index (χ1v) is 9.27. The van der Waals surface area contributed by atoms with Crippen LogP contribution in [0.3, 0.4) is 0 Å². The molecule has 4 aromatic rings. The maximum Gasteiger partial charge on any atom is 0.231 e. The Labute approximate surface area is 172 Å². The topological polar surface area (TPSA) is 93.8 Å². The molecule has 0 fully saturated rings. The van der Waals surface area contributed by atoms with Gasteiger partial charge in [0.1, 0.15) is 11.3 Å². The van der Waals surface area contributed by atoms with Gasteiger partial charge in [-0.2, -0.15) is 0 Å². The zero-order chi connectivity index (χ0) is 21.1. The number of anilines is 1. The molecule has 0 bridgehead atoms. The molecule has 0 radical (unpaired) electrons. The average molecular weight is 404 g/mol. The molecule has 0 saturated carbocycles. The number of methoxy groups -OCH3 is 2. The molecule has 1 amide bonds. The van der Waals surface area contributed by atoms with E-state index in [1.807, 2.05) is 24.3 Å². The number of phenolic OH excluding ortho intramolecular Hbond substituents is 1. The number of aromatic nitrogens is 1. The van der Waals surface area contributed by atoms with Gasteiger partial charge in [-0.3, -0.25) is 4.79 Å².